The molecule has 0 aromatic heterocycles. The third-order valence-corrected chi connectivity index (χ3v) is 2.89. The molecule has 0 radical (unpaired) electrons. The normalized spacial score (nSPS) is 18.6. The molecule has 3 nitrogen and oxygen atoms in total. The zero-order valence-electron chi connectivity index (χ0n) is 10.3. The lowest BCUT2D eigenvalue weighted by Gasteiger charge is -2.33. The van der Waals surface area contributed by atoms with Crippen LogP contribution < -0.4 is 0 Å². The van der Waals surface area contributed by atoms with Crippen LogP contribution in [0.15, 0.2) is 0 Å². The largest absolute Gasteiger partial charge is 0.468 e. The van der Waals surface area contributed by atoms with Crippen LogP contribution in [0.2, 0.25) is 0 Å². The first kappa shape index (κ1) is 14.3. The topological polar surface area (TPSA) is 29.5 Å². The van der Waals surface area contributed by atoms with E-state index in [2.05, 4.69) is 4.74 Å². The Kier molecular flexibility index (Phi) is 4.41. The Labute approximate surface area is 98.9 Å². The Bertz CT molecular complexity index is 274. The van der Waals surface area contributed by atoms with Crippen molar-refractivity contribution in [2.45, 2.75) is 44.9 Å². The SMILES string of the molecule is COC(=O)C(C1CC1)N(CC(F)(F)F)C(C)C. The molecule has 1 atom stereocenters. The zero-order chi connectivity index (χ0) is 13.2. The lowest BCUT2D eigenvalue weighted by Crippen LogP contribution is -2.51. The van der Waals surface area contributed by atoms with Gasteiger partial charge in [0.15, 0.2) is 0 Å². The lowest BCUT2D eigenvalue weighted by molar-refractivity contribution is -0.168. The fourth-order valence-electron chi connectivity index (χ4n) is 1.94. The number of halogens is 3. The zero-order valence-corrected chi connectivity index (χ0v) is 10.3. The van der Waals surface area contributed by atoms with Gasteiger partial charge >= 0.3 is 12.1 Å². The van der Waals surface area contributed by atoms with Crippen molar-refractivity contribution < 1.29 is 22.7 Å². The van der Waals surface area contributed by atoms with Gasteiger partial charge in [0.1, 0.15) is 6.04 Å². The number of esters is 1. The molecule has 1 aliphatic carbocycles. The van der Waals surface area contributed by atoms with Gasteiger partial charge in [-0.1, -0.05) is 0 Å². The summed E-state index contributed by atoms with van der Waals surface area (Å²) in [5.41, 5.74) is 0. The molecule has 100 valence electrons. The highest BCUT2D eigenvalue weighted by atomic mass is 19.4. The second-order valence-corrected chi connectivity index (χ2v) is 4.69. The maximum absolute atomic E-state index is 12.5. The number of methoxy groups -OCH3 is 1. The molecule has 0 amide bonds. The Morgan fingerprint density at radius 2 is 1.94 bits per heavy atom. The average molecular weight is 253 g/mol. The van der Waals surface area contributed by atoms with Crippen LogP contribution in [0.25, 0.3) is 0 Å². The fourth-order valence-corrected chi connectivity index (χ4v) is 1.94. The lowest BCUT2D eigenvalue weighted by atomic mass is 10.1. The number of rotatable bonds is 5. The standard InChI is InChI=1S/C11H18F3NO2/c1-7(2)15(6-11(12,13)14)9(8-4-5-8)10(16)17-3/h7-9H,4-6H2,1-3H3. The summed E-state index contributed by atoms with van der Waals surface area (Å²) >= 11 is 0. The van der Waals surface area contributed by atoms with E-state index in [1.807, 2.05) is 0 Å². The van der Waals surface area contributed by atoms with Gasteiger partial charge in [-0.05, 0) is 32.6 Å². The maximum atomic E-state index is 12.5. The number of carbonyl (C=O) groups is 1. The Balaban J connectivity index is 2.81. The van der Waals surface area contributed by atoms with Crippen LogP contribution in [-0.2, 0) is 9.53 Å². The summed E-state index contributed by atoms with van der Waals surface area (Å²) in [5, 5.41) is 0. The molecule has 1 fully saturated rings. The molecule has 0 bridgehead atoms. The first-order chi connectivity index (χ1) is 7.76. The molecule has 1 saturated carbocycles. The highest BCUT2D eigenvalue weighted by molar-refractivity contribution is 5.76. The molecule has 1 aliphatic rings. The Morgan fingerprint density at radius 1 is 1.41 bits per heavy atom. The van der Waals surface area contributed by atoms with Crippen molar-refractivity contribution in [3.8, 4) is 0 Å². The molecule has 1 unspecified atom stereocenters. The van der Waals surface area contributed by atoms with E-state index in [0.717, 1.165) is 12.8 Å². The summed E-state index contributed by atoms with van der Waals surface area (Å²) in [6.07, 6.45) is -2.72. The third kappa shape index (κ3) is 4.18. The molecule has 0 saturated heterocycles. The van der Waals surface area contributed by atoms with Gasteiger partial charge in [-0.3, -0.25) is 9.69 Å². The minimum Gasteiger partial charge on any atom is -0.468 e. The van der Waals surface area contributed by atoms with Crippen molar-refractivity contribution in [1.29, 1.82) is 0 Å². The molecule has 0 aromatic rings. The summed E-state index contributed by atoms with van der Waals surface area (Å²) < 4.78 is 42.1. The summed E-state index contributed by atoms with van der Waals surface area (Å²) in [4.78, 5) is 12.8. The van der Waals surface area contributed by atoms with E-state index in [9.17, 15) is 18.0 Å². The first-order valence-corrected chi connectivity index (χ1v) is 5.66. The van der Waals surface area contributed by atoms with Crippen LogP contribution in [0, 0.1) is 5.92 Å². The minimum atomic E-state index is -4.30. The van der Waals surface area contributed by atoms with Crippen molar-refractivity contribution in [3.63, 3.8) is 0 Å². The van der Waals surface area contributed by atoms with Gasteiger partial charge in [-0.15, -0.1) is 0 Å². The van der Waals surface area contributed by atoms with Crippen LogP contribution >= 0.6 is 0 Å². The van der Waals surface area contributed by atoms with Gasteiger partial charge in [0.25, 0.3) is 0 Å². The van der Waals surface area contributed by atoms with Gasteiger partial charge < -0.3 is 4.74 Å². The van der Waals surface area contributed by atoms with Gasteiger partial charge in [0.05, 0.1) is 13.7 Å². The summed E-state index contributed by atoms with van der Waals surface area (Å²) in [5.74, 6) is -0.558. The third-order valence-electron chi connectivity index (χ3n) is 2.89. The van der Waals surface area contributed by atoms with E-state index in [1.54, 1.807) is 13.8 Å². The molecule has 0 spiro atoms. The molecule has 1 rings (SSSR count). The predicted octanol–water partition coefficient (Wildman–Crippen LogP) is 2.21. The fraction of sp³-hybridized carbons (Fsp3) is 0.909. The molecular weight excluding hydrogens is 235 g/mol. The van der Waals surface area contributed by atoms with Crippen LogP contribution in [0.5, 0.6) is 0 Å². The van der Waals surface area contributed by atoms with Crippen LogP contribution in [0.4, 0.5) is 13.2 Å². The Morgan fingerprint density at radius 3 is 2.24 bits per heavy atom. The maximum Gasteiger partial charge on any atom is 0.401 e. The van der Waals surface area contributed by atoms with Crippen molar-refractivity contribution in [2.75, 3.05) is 13.7 Å². The molecule has 0 aromatic carbocycles. The second kappa shape index (κ2) is 5.25. The minimum absolute atomic E-state index is 0.00667. The quantitative estimate of drug-likeness (QED) is 0.703. The Hall–Kier alpha value is -0.780. The van der Waals surface area contributed by atoms with Crippen LogP contribution in [0.3, 0.4) is 0 Å². The summed E-state index contributed by atoms with van der Waals surface area (Å²) in [6, 6.07) is -1.11. The molecule has 0 heterocycles. The van der Waals surface area contributed by atoms with Crippen LogP contribution in [-0.4, -0.2) is 42.8 Å². The predicted molar refractivity (Wildman–Crippen MR) is 56.4 cm³/mol. The molecule has 0 aliphatic heterocycles. The van der Waals surface area contributed by atoms with Crippen molar-refractivity contribution >= 4 is 5.97 Å². The van der Waals surface area contributed by atoms with Crippen molar-refractivity contribution in [2.24, 2.45) is 5.92 Å². The van der Waals surface area contributed by atoms with E-state index in [1.165, 1.54) is 12.0 Å². The summed E-state index contributed by atoms with van der Waals surface area (Å²) in [6.45, 7) is 2.25. The molecule has 17 heavy (non-hydrogen) atoms. The number of alkyl halides is 3. The van der Waals surface area contributed by atoms with Gasteiger partial charge in [-0.25, -0.2) is 0 Å². The van der Waals surface area contributed by atoms with Gasteiger partial charge in [-0.2, -0.15) is 13.2 Å². The molecule has 6 heteroatoms. The van der Waals surface area contributed by atoms with Crippen molar-refractivity contribution in [1.82, 2.24) is 4.90 Å². The highest BCUT2D eigenvalue weighted by Gasteiger charge is 2.45. The molecule has 0 N–H and O–H groups in total. The second-order valence-electron chi connectivity index (χ2n) is 4.69. The van der Waals surface area contributed by atoms with Crippen molar-refractivity contribution in [3.05, 3.63) is 0 Å². The van der Waals surface area contributed by atoms with E-state index < -0.39 is 24.7 Å². The smallest absolute Gasteiger partial charge is 0.401 e. The average Bonchev–Trinajstić information content (AvgIpc) is 2.98. The number of hydrogen-bond acceptors (Lipinski definition) is 3. The van der Waals surface area contributed by atoms with E-state index in [0.29, 0.717) is 0 Å². The molecular formula is C11H18F3NO2. The number of carbonyl (C=O) groups excluding carboxylic acids is 1. The van der Waals surface area contributed by atoms with Gasteiger partial charge in [0.2, 0.25) is 0 Å². The summed E-state index contributed by atoms with van der Waals surface area (Å²) in [7, 11) is 1.21. The van der Waals surface area contributed by atoms with E-state index in [-0.39, 0.29) is 12.0 Å². The van der Waals surface area contributed by atoms with Crippen LogP contribution in [0.1, 0.15) is 26.7 Å². The number of nitrogens with zero attached hydrogens (tertiary/aromatic N) is 1. The number of hydrogen-bond donors (Lipinski definition) is 0. The first-order valence-electron chi connectivity index (χ1n) is 5.66. The van der Waals surface area contributed by atoms with E-state index in [4.69, 9.17) is 0 Å². The van der Waals surface area contributed by atoms with Gasteiger partial charge in [0, 0.05) is 6.04 Å². The highest BCUT2D eigenvalue weighted by Crippen LogP contribution is 2.37. The van der Waals surface area contributed by atoms with E-state index >= 15 is 0 Å². The number of ether oxygens (including phenoxy) is 1. The monoisotopic (exact) mass is 253 g/mol.